The van der Waals surface area contributed by atoms with E-state index in [2.05, 4.69) is 15.5 Å². The highest BCUT2D eigenvalue weighted by atomic mass is 32.1. The summed E-state index contributed by atoms with van der Waals surface area (Å²) in [6.45, 7) is 3.51. The van der Waals surface area contributed by atoms with Crippen LogP contribution in [-0.4, -0.2) is 5.78 Å². The number of rotatable bonds is 5. The van der Waals surface area contributed by atoms with Gasteiger partial charge in [0.1, 0.15) is 10.7 Å². The fraction of sp³-hybridized carbons (Fsp3) is 0.105. The van der Waals surface area contributed by atoms with Crippen molar-refractivity contribution >= 4 is 44.9 Å². The maximum atomic E-state index is 11.8. The molecular weight excluding hydrogens is 332 g/mol. The Morgan fingerprint density at radius 3 is 2.36 bits per heavy atom. The number of nitrogens with one attached hydrogen (secondary N) is 1. The lowest BCUT2D eigenvalue weighted by atomic mass is 10.2. The number of azo groups is 1. The van der Waals surface area contributed by atoms with Crippen molar-refractivity contribution < 1.29 is 4.79 Å². The first-order valence-corrected chi connectivity index (χ1v) is 8.60. The Hall–Kier alpha value is -2.99. The van der Waals surface area contributed by atoms with Crippen molar-refractivity contribution in [2.75, 3.05) is 11.1 Å². The molecule has 0 radical (unpaired) electrons. The number of benzene rings is 2. The van der Waals surface area contributed by atoms with Crippen molar-refractivity contribution in [2.45, 2.75) is 13.8 Å². The Labute approximate surface area is 150 Å². The molecule has 0 aliphatic carbocycles. The van der Waals surface area contributed by atoms with Crippen LogP contribution in [0.4, 0.5) is 27.8 Å². The number of nitrogen functional groups attached to an aromatic ring is 1. The van der Waals surface area contributed by atoms with Crippen molar-refractivity contribution in [2.24, 2.45) is 10.2 Å². The summed E-state index contributed by atoms with van der Waals surface area (Å²) in [5, 5.41) is 12.5. The monoisotopic (exact) mass is 350 g/mol. The SMILES string of the molecule is CC(=O)c1sc(Nc2ccccc2)c(N=Nc2ccc(C)cc2)c1N. The zero-order valence-electron chi connectivity index (χ0n) is 14.0. The number of hydrogen-bond acceptors (Lipinski definition) is 6. The molecule has 1 heterocycles. The number of ketones is 1. The first kappa shape index (κ1) is 16.9. The van der Waals surface area contributed by atoms with Gasteiger partial charge in [-0.3, -0.25) is 4.79 Å². The molecule has 25 heavy (non-hydrogen) atoms. The number of thiophene rings is 1. The van der Waals surface area contributed by atoms with Crippen LogP contribution in [-0.2, 0) is 0 Å². The van der Waals surface area contributed by atoms with Gasteiger partial charge in [-0.15, -0.1) is 16.5 Å². The van der Waals surface area contributed by atoms with Crippen LogP contribution >= 0.6 is 11.3 Å². The van der Waals surface area contributed by atoms with Gasteiger partial charge in [-0.2, -0.15) is 5.11 Å². The number of hydrogen-bond donors (Lipinski definition) is 2. The Kier molecular flexibility index (Phi) is 4.90. The molecule has 0 saturated heterocycles. The summed E-state index contributed by atoms with van der Waals surface area (Å²) in [6, 6.07) is 17.4. The quantitative estimate of drug-likeness (QED) is 0.437. The minimum absolute atomic E-state index is 0.0876. The van der Waals surface area contributed by atoms with Gasteiger partial charge >= 0.3 is 0 Å². The van der Waals surface area contributed by atoms with Gasteiger partial charge in [0, 0.05) is 12.6 Å². The molecule has 0 unspecified atom stereocenters. The van der Waals surface area contributed by atoms with Crippen LogP contribution in [0.2, 0.25) is 0 Å². The number of carbonyl (C=O) groups is 1. The number of aryl methyl sites for hydroxylation is 1. The summed E-state index contributed by atoms with van der Waals surface area (Å²) in [5.41, 5.74) is 9.76. The number of para-hydroxylation sites is 1. The highest BCUT2D eigenvalue weighted by molar-refractivity contribution is 7.19. The Balaban J connectivity index is 1.98. The molecule has 0 aliphatic rings. The van der Waals surface area contributed by atoms with Crippen molar-refractivity contribution in [3.63, 3.8) is 0 Å². The molecule has 6 heteroatoms. The topological polar surface area (TPSA) is 79.8 Å². The highest BCUT2D eigenvalue weighted by Gasteiger charge is 2.19. The molecule has 3 rings (SSSR count). The van der Waals surface area contributed by atoms with E-state index in [0.29, 0.717) is 21.3 Å². The molecule has 0 saturated carbocycles. The fourth-order valence-electron chi connectivity index (χ4n) is 2.25. The maximum absolute atomic E-state index is 11.8. The second kappa shape index (κ2) is 7.27. The molecule has 5 nitrogen and oxygen atoms in total. The van der Waals surface area contributed by atoms with E-state index < -0.39 is 0 Å². The average Bonchev–Trinajstić information content (AvgIpc) is 2.91. The van der Waals surface area contributed by atoms with Crippen LogP contribution in [0, 0.1) is 6.92 Å². The van der Waals surface area contributed by atoms with Gasteiger partial charge in [0.2, 0.25) is 0 Å². The third kappa shape index (κ3) is 3.92. The van der Waals surface area contributed by atoms with Crippen molar-refractivity contribution in [1.29, 1.82) is 0 Å². The molecular formula is C19H18N4OS. The third-order valence-corrected chi connectivity index (χ3v) is 4.78. The van der Waals surface area contributed by atoms with E-state index in [1.165, 1.54) is 18.3 Å². The Morgan fingerprint density at radius 1 is 1.04 bits per heavy atom. The minimum Gasteiger partial charge on any atom is -0.396 e. The second-order valence-electron chi connectivity index (χ2n) is 5.61. The van der Waals surface area contributed by atoms with E-state index in [1.54, 1.807) is 0 Å². The number of carbonyl (C=O) groups excluding carboxylic acids is 1. The first-order valence-electron chi connectivity index (χ1n) is 7.78. The second-order valence-corrected chi connectivity index (χ2v) is 6.63. The summed E-state index contributed by atoms with van der Waals surface area (Å²) in [7, 11) is 0. The smallest absolute Gasteiger partial charge is 0.171 e. The van der Waals surface area contributed by atoms with Crippen molar-refractivity contribution in [3.8, 4) is 0 Å². The number of nitrogens with zero attached hydrogens (tertiary/aromatic N) is 2. The van der Waals surface area contributed by atoms with Crippen molar-refractivity contribution in [3.05, 3.63) is 65.0 Å². The average molecular weight is 350 g/mol. The first-order chi connectivity index (χ1) is 12.0. The van der Waals surface area contributed by atoms with Crippen LogP contribution in [0.25, 0.3) is 0 Å². The molecule has 1 aromatic heterocycles. The molecule has 0 aliphatic heterocycles. The normalized spacial score (nSPS) is 11.0. The molecule has 0 spiro atoms. The lowest BCUT2D eigenvalue weighted by Crippen LogP contribution is -1.93. The van der Waals surface area contributed by atoms with Gasteiger partial charge in [-0.1, -0.05) is 35.9 Å². The summed E-state index contributed by atoms with van der Waals surface area (Å²) < 4.78 is 0. The van der Waals surface area contributed by atoms with Crippen molar-refractivity contribution in [1.82, 2.24) is 0 Å². The third-order valence-electron chi connectivity index (χ3n) is 3.57. The van der Waals surface area contributed by atoms with E-state index in [9.17, 15) is 4.79 Å². The predicted octanol–water partition coefficient (Wildman–Crippen LogP) is 6.00. The number of nitrogens with two attached hydrogens (primary N) is 1. The number of anilines is 3. The summed E-state index contributed by atoms with van der Waals surface area (Å²) in [6.07, 6.45) is 0. The van der Waals surface area contributed by atoms with E-state index in [-0.39, 0.29) is 5.78 Å². The van der Waals surface area contributed by atoms with Crippen LogP contribution in [0.3, 0.4) is 0 Å². The molecule has 2 aromatic carbocycles. The Bertz CT molecular complexity index is 915. The van der Waals surface area contributed by atoms with E-state index in [1.807, 2.05) is 61.5 Å². The van der Waals surface area contributed by atoms with Gasteiger partial charge < -0.3 is 11.1 Å². The Morgan fingerprint density at radius 2 is 1.72 bits per heavy atom. The van der Waals surface area contributed by atoms with E-state index in [0.717, 1.165) is 16.9 Å². The maximum Gasteiger partial charge on any atom is 0.171 e. The van der Waals surface area contributed by atoms with Crippen LogP contribution in [0.5, 0.6) is 0 Å². The molecule has 126 valence electrons. The molecule has 3 N–H and O–H groups in total. The summed E-state index contributed by atoms with van der Waals surface area (Å²) in [5.74, 6) is -0.0876. The predicted molar refractivity (Wildman–Crippen MR) is 104 cm³/mol. The van der Waals surface area contributed by atoms with Gasteiger partial charge in [-0.25, -0.2) is 0 Å². The van der Waals surface area contributed by atoms with Crippen LogP contribution in [0.1, 0.15) is 22.2 Å². The van der Waals surface area contributed by atoms with E-state index in [4.69, 9.17) is 5.73 Å². The zero-order chi connectivity index (χ0) is 17.8. The summed E-state index contributed by atoms with van der Waals surface area (Å²) in [4.78, 5) is 12.3. The summed E-state index contributed by atoms with van der Waals surface area (Å²) >= 11 is 1.29. The van der Waals surface area contributed by atoms with Crippen LogP contribution < -0.4 is 11.1 Å². The van der Waals surface area contributed by atoms with Gasteiger partial charge in [0.15, 0.2) is 5.78 Å². The number of Topliss-reactive ketones (excluding diaryl/α,β-unsaturated/α-hetero) is 1. The van der Waals surface area contributed by atoms with Gasteiger partial charge in [0.25, 0.3) is 0 Å². The molecule has 3 aromatic rings. The fourth-order valence-corrected chi connectivity index (χ4v) is 3.22. The lowest BCUT2D eigenvalue weighted by molar-refractivity contribution is 0.102. The van der Waals surface area contributed by atoms with E-state index >= 15 is 0 Å². The van der Waals surface area contributed by atoms with Gasteiger partial charge in [-0.05, 0) is 31.2 Å². The molecule has 0 atom stereocenters. The highest BCUT2D eigenvalue weighted by Crippen LogP contribution is 2.44. The minimum atomic E-state index is -0.0876. The molecule has 0 fully saturated rings. The van der Waals surface area contributed by atoms with Gasteiger partial charge in [0.05, 0.1) is 16.3 Å². The largest absolute Gasteiger partial charge is 0.396 e. The molecule has 0 amide bonds. The van der Waals surface area contributed by atoms with Crippen LogP contribution in [0.15, 0.2) is 64.8 Å². The lowest BCUT2D eigenvalue weighted by Gasteiger charge is -2.04. The standard InChI is InChI=1S/C19H18N4OS/c1-12-8-10-15(11-9-12)22-23-17-16(20)18(13(2)24)25-19(17)21-14-6-4-3-5-7-14/h3-11,21H,20H2,1-2H3. The molecule has 0 bridgehead atoms. The zero-order valence-corrected chi connectivity index (χ0v) is 14.8.